The predicted molar refractivity (Wildman–Crippen MR) is 102 cm³/mol. The number of rotatable bonds is 6. The first-order valence-electron chi connectivity index (χ1n) is 9.78. The first-order chi connectivity index (χ1) is 13.3. The molecule has 4 rings (SSSR count). The third-order valence-electron chi connectivity index (χ3n) is 5.64. The van der Waals surface area contributed by atoms with Gasteiger partial charge in [0.1, 0.15) is 12.4 Å². The Morgan fingerprint density at radius 1 is 1.22 bits per heavy atom. The second-order valence-corrected chi connectivity index (χ2v) is 7.38. The smallest absolute Gasteiger partial charge is 0.211 e. The van der Waals surface area contributed by atoms with Crippen LogP contribution in [-0.4, -0.2) is 32.8 Å². The van der Waals surface area contributed by atoms with E-state index in [9.17, 15) is 9.90 Å². The third-order valence-corrected chi connectivity index (χ3v) is 5.64. The SMILES string of the molecule is O=Cc1cc(O)ncc1OCC1=C(c2ccnn2C2CCCC2)CCCC1. The molecule has 2 aliphatic rings. The van der Waals surface area contributed by atoms with Crippen molar-refractivity contribution in [2.45, 2.75) is 57.4 Å². The number of pyridine rings is 1. The van der Waals surface area contributed by atoms with Crippen molar-refractivity contribution in [2.24, 2.45) is 0 Å². The average molecular weight is 367 g/mol. The fourth-order valence-corrected chi connectivity index (χ4v) is 4.25. The average Bonchev–Trinajstić information content (AvgIpc) is 3.38. The molecule has 0 amide bonds. The molecule has 2 aromatic heterocycles. The predicted octanol–water partition coefficient (Wildman–Crippen LogP) is 4.32. The Bertz CT molecular complexity index is 850. The molecule has 1 fully saturated rings. The lowest BCUT2D eigenvalue weighted by Gasteiger charge is -2.23. The highest BCUT2D eigenvalue weighted by atomic mass is 16.5. The Labute approximate surface area is 158 Å². The van der Waals surface area contributed by atoms with E-state index >= 15 is 0 Å². The molecule has 27 heavy (non-hydrogen) atoms. The monoisotopic (exact) mass is 367 g/mol. The zero-order valence-electron chi connectivity index (χ0n) is 15.4. The molecule has 142 valence electrons. The van der Waals surface area contributed by atoms with Gasteiger partial charge in [0.25, 0.3) is 0 Å². The molecule has 0 spiro atoms. The first-order valence-corrected chi connectivity index (χ1v) is 9.78. The van der Waals surface area contributed by atoms with Crippen LogP contribution in [0.3, 0.4) is 0 Å². The maximum atomic E-state index is 11.2. The van der Waals surface area contributed by atoms with Crippen LogP contribution in [0.15, 0.2) is 30.1 Å². The molecule has 0 saturated heterocycles. The van der Waals surface area contributed by atoms with Crippen molar-refractivity contribution >= 4 is 11.9 Å². The van der Waals surface area contributed by atoms with Gasteiger partial charge >= 0.3 is 0 Å². The number of nitrogens with zero attached hydrogens (tertiary/aromatic N) is 3. The van der Waals surface area contributed by atoms with Crippen molar-refractivity contribution in [2.75, 3.05) is 6.61 Å². The van der Waals surface area contributed by atoms with Gasteiger partial charge in [0.2, 0.25) is 5.88 Å². The summed E-state index contributed by atoms with van der Waals surface area (Å²) in [6.07, 6.45) is 13.3. The summed E-state index contributed by atoms with van der Waals surface area (Å²) in [5.74, 6) is 0.229. The summed E-state index contributed by atoms with van der Waals surface area (Å²) in [4.78, 5) is 15.1. The number of allylic oxidation sites excluding steroid dienone is 1. The van der Waals surface area contributed by atoms with Crippen LogP contribution in [0.4, 0.5) is 0 Å². The minimum atomic E-state index is -0.178. The van der Waals surface area contributed by atoms with E-state index in [1.807, 2.05) is 6.20 Å². The van der Waals surface area contributed by atoms with E-state index in [2.05, 4.69) is 20.8 Å². The van der Waals surface area contributed by atoms with Crippen molar-refractivity contribution in [3.8, 4) is 11.6 Å². The zero-order valence-corrected chi connectivity index (χ0v) is 15.4. The molecule has 6 heteroatoms. The molecular weight excluding hydrogens is 342 g/mol. The summed E-state index contributed by atoms with van der Waals surface area (Å²) in [5.41, 5.74) is 4.15. The molecule has 0 atom stereocenters. The largest absolute Gasteiger partial charge is 0.493 e. The fraction of sp³-hybridized carbons (Fsp3) is 0.476. The number of ether oxygens (including phenoxy) is 1. The van der Waals surface area contributed by atoms with E-state index in [0.29, 0.717) is 30.2 Å². The number of carbonyl (C=O) groups is 1. The van der Waals surface area contributed by atoms with Crippen LogP contribution in [0.5, 0.6) is 11.6 Å². The van der Waals surface area contributed by atoms with E-state index in [4.69, 9.17) is 4.74 Å². The van der Waals surface area contributed by atoms with Gasteiger partial charge in [0.15, 0.2) is 6.29 Å². The summed E-state index contributed by atoms with van der Waals surface area (Å²) in [6.45, 7) is 0.429. The van der Waals surface area contributed by atoms with E-state index in [-0.39, 0.29) is 5.88 Å². The van der Waals surface area contributed by atoms with Crippen LogP contribution in [0.1, 0.15) is 73.5 Å². The second-order valence-electron chi connectivity index (χ2n) is 7.38. The quantitative estimate of drug-likeness (QED) is 0.770. The van der Waals surface area contributed by atoms with Gasteiger partial charge in [-0.3, -0.25) is 9.48 Å². The van der Waals surface area contributed by atoms with Gasteiger partial charge in [-0.25, -0.2) is 4.98 Å². The van der Waals surface area contributed by atoms with Crippen molar-refractivity contribution in [3.63, 3.8) is 0 Å². The molecule has 6 nitrogen and oxygen atoms in total. The third kappa shape index (κ3) is 3.75. The van der Waals surface area contributed by atoms with Crippen LogP contribution in [0, 0.1) is 0 Å². The van der Waals surface area contributed by atoms with Gasteiger partial charge < -0.3 is 9.84 Å². The van der Waals surface area contributed by atoms with Crippen LogP contribution < -0.4 is 4.74 Å². The number of hydrogen-bond donors (Lipinski definition) is 1. The van der Waals surface area contributed by atoms with Gasteiger partial charge in [-0.2, -0.15) is 5.10 Å². The molecule has 1 saturated carbocycles. The standard InChI is InChI=1S/C21H25N3O3/c25-13-16-11-21(26)22-12-20(16)27-14-15-5-1-4-8-18(15)19-9-10-23-24(19)17-6-2-3-7-17/h9-13,17H,1-8,14H2,(H,22,26). The Morgan fingerprint density at radius 3 is 2.85 bits per heavy atom. The highest BCUT2D eigenvalue weighted by Crippen LogP contribution is 2.37. The minimum Gasteiger partial charge on any atom is -0.493 e. The molecule has 1 N–H and O–H groups in total. The molecular formula is C21H25N3O3. The molecule has 0 radical (unpaired) electrons. The number of aromatic hydroxyl groups is 1. The minimum absolute atomic E-state index is 0.178. The summed E-state index contributed by atoms with van der Waals surface area (Å²) in [6, 6.07) is 3.96. The van der Waals surface area contributed by atoms with E-state index < -0.39 is 0 Å². The fourth-order valence-electron chi connectivity index (χ4n) is 4.25. The Morgan fingerprint density at radius 2 is 2.04 bits per heavy atom. The lowest BCUT2D eigenvalue weighted by Crippen LogP contribution is -2.14. The van der Waals surface area contributed by atoms with Crippen LogP contribution in [0.25, 0.3) is 5.57 Å². The molecule has 2 aromatic rings. The Kier molecular flexibility index (Phi) is 5.23. The molecule has 2 aliphatic carbocycles. The summed E-state index contributed by atoms with van der Waals surface area (Å²) >= 11 is 0. The van der Waals surface area contributed by atoms with E-state index in [1.54, 1.807) is 0 Å². The van der Waals surface area contributed by atoms with Gasteiger partial charge in [-0.1, -0.05) is 12.8 Å². The molecule has 0 unspecified atom stereocenters. The first kappa shape index (κ1) is 17.8. The second kappa shape index (κ2) is 7.94. The molecule has 0 aliphatic heterocycles. The highest BCUT2D eigenvalue weighted by Gasteiger charge is 2.24. The lowest BCUT2D eigenvalue weighted by molar-refractivity contribution is 0.111. The van der Waals surface area contributed by atoms with Gasteiger partial charge in [-0.05, 0) is 55.7 Å². The van der Waals surface area contributed by atoms with Crippen LogP contribution >= 0.6 is 0 Å². The van der Waals surface area contributed by atoms with Gasteiger partial charge in [0.05, 0.1) is 23.5 Å². The molecule has 0 bridgehead atoms. The number of hydrogen-bond acceptors (Lipinski definition) is 5. The lowest BCUT2D eigenvalue weighted by atomic mass is 9.90. The summed E-state index contributed by atoms with van der Waals surface area (Å²) in [7, 11) is 0. The molecule has 0 aromatic carbocycles. The normalized spacial score (nSPS) is 18.1. The highest BCUT2D eigenvalue weighted by molar-refractivity contribution is 5.79. The topological polar surface area (TPSA) is 77.2 Å². The van der Waals surface area contributed by atoms with Crippen LogP contribution in [0.2, 0.25) is 0 Å². The van der Waals surface area contributed by atoms with Crippen molar-refractivity contribution in [1.29, 1.82) is 0 Å². The van der Waals surface area contributed by atoms with E-state index in [1.165, 1.54) is 61.2 Å². The summed E-state index contributed by atoms with van der Waals surface area (Å²) < 4.78 is 8.14. The van der Waals surface area contributed by atoms with Crippen LogP contribution in [-0.2, 0) is 0 Å². The Hall–Kier alpha value is -2.63. The van der Waals surface area contributed by atoms with Gasteiger partial charge in [0, 0.05) is 12.3 Å². The summed E-state index contributed by atoms with van der Waals surface area (Å²) in [5, 5.41) is 14.1. The number of aldehydes is 1. The number of carbonyl (C=O) groups excluding carboxylic acids is 1. The van der Waals surface area contributed by atoms with Gasteiger partial charge in [-0.15, -0.1) is 0 Å². The maximum Gasteiger partial charge on any atom is 0.211 e. The zero-order chi connectivity index (χ0) is 18.6. The maximum absolute atomic E-state index is 11.2. The van der Waals surface area contributed by atoms with Crippen molar-refractivity contribution in [1.82, 2.24) is 14.8 Å². The van der Waals surface area contributed by atoms with Crippen molar-refractivity contribution in [3.05, 3.63) is 41.4 Å². The Balaban J connectivity index is 1.59. The number of aromatic nitrogens is 3. The van der Waals surface area contributed by atoms with E-state index in [0.717, 1.165) is 19.3 Å². The van der Waals surface area contributed by atoms with Crippen molar-refractivity contribution < 1.29 is 14.6 Å². The molecule has 2 heterocycles.